The van der Waals surface area contributed by atoms with Gasteiger partial charge in [0.05, 0.1) is 4.90 Å². The number of hydrogen-bond donors (Lipinski definition) is 2. The van der Waals surface area contributed by atoms with Gasteiger partial charge in [-0.1, -0.05) is 0 Å². The van der Waals surface area contributed by atoms with Crippen LogP contribution in [-0.2, 0) is 14.8 Å². The molecule has 23 heavy (non-hydrogen) atoms. The maximum absolute atomic E-state index is 12.5. The summed E-state index contributed by atoms with van der Waals surface area (Å²) < 4.78 is 27.9. The Morgan fingerprint density at radius 1 is 1.13 bits per heavy atom. The minimum absolute atomic E-state index is 0.00345. The molecular weight excluding hydrogens is 314 g/mol. The molecule has 3 rings (SSSR count). The molecule has 1 aromatic carbocycles. The Morgan fingerprint density at radius 2 is 1.70 bits per heavy atom. The number of rotatable bonds is 4. The van der Waals surface area contributed by atoms with Crippen molar-refractivity contribution in [3.05, 3.63) is 24.3 Å². The molecule has 1 aromatic rings. The Kier molecular flexibility index (Phi) is 4.44. The zero-order valence-electron chi connectivity index (χ0n) is 13.5. The smallest absolute Gasteiger partial charge is 0.240 e. The number of anilines is 1. The molecule has 2 fully saturated rings. The van der Waals surface area contributed by atoms with Gasteiger partial charge in [0.15, 0.2) is 0 Å². The largest absolute Gasteiger partial charge is 0.326 e. The molecule has 2 atom stereocenters. The maximum Gasteiger partial charge on any atom is 0.240 e. The van der Waals surface area contributed by atoms with Gasteiger partial charge in [-0.3, -0.25) is 4.79 Å². The van der Waals surface area contributed by atoms with Crippen molar-refractivity contribution < 1.29 is 13.2 Å². The van der Waals surface area contributed by atoms with E-state index in [1.165, 1.54) is 19.1 Å². The average Bonchev–Trinajstić information content (AvgIpc) is 2.70. The van der Waals surface area contributed by atoms with Gasteiger partial charge in [-0.25, -0.2) is 13.1 Å². The van der Waals surface area contributed by atoms with Crippen molar-refractivity contribution in [3.8, 4) is 0 Å². The molecule has 2 aliphatic rings. The van der Waals surface area contributed by atoms with Gasteiger partial charge in [0, 0.05) is 30.7 Å². The number of benzene rings is 1. The van der Waals surface area contributed by atoms with E-state index in [1.54, 1.807) is 12.1 Å². The van der Waals surface area contributed by atoms with Crippen LogP contribution in [0.1, 0.15) is 32.6 Å². The van der Waals surface area contributed by atoms with Crippen LogP contribution in [0.3, 0.4) is 0 Å². The Labute approximate surface area is 137 Å². The predicted molar refractivity (Wildman–Crippen MR) is 88.7 cm³/mol. The SMILES string of the molecule is CC(=O)Nc1ccc(S(=O)(=O)NC2CC3CCC(C2)N3C)cc1. The topological polar surface area (TPSA) is 78.5 Å². The first kappa shape index (κ1) is 16.4. The molecule has 0 saturated carbocycles. The van der Waals surface area contributed by atoms with Gasteiger partial charge < -0.3 is 10.2 Å². The Bertz CT molecular complexity index is 673. The normalized spacial score (nSPS) is 27.8. The first-order chi connectivity index (χ1) is 10.8. The van der Waals surface area contributed by atoms with Crippen LogP contribution in [0.2, 0.25) is 0 Å². The number of carbonyl (C=O) groups is 1. The third-order valence-corrected chi connectivity index (χ3v) is 6.44. The van der Waals surface area contributed by atoms with Crippen molar-refractivity contribution in [1.82, 2.24) is 9.62 Å². The number of fused-ring (bicyclic) bond motifs is 2. The number of carbonyl (C=O) groups excluding carboxylic acids is 1. The van der Waals surface area contributed by atoms with E-state index in [-0.39, 0.29) is 16.8 Å². The number of hydrogen-bond acceptors (Lipinski definition) is 4. The van der Waals surface area contributed by atoms with Crippen molar-refractivity contribution in [2.24, 2.45) is 0 Å². The van der Waals surface area contributed by atoms with E-state index in [0.29, 0.717) is 17.8 Å². The number of nitrogens with zero attached hydrogens (tertiary/aromatic N) is 1. The highest BCUT2D eigenvalue weighted by Gasteiger charge is 2.39. The molecular formula is C16H23N3O3S. The summed E-state index contributed by atoms with van der Waals surface area (Å²) in [6.45, 7) is 1.42. The van der Waals surface area contributed by atoms with E-state index in [1.807, 2.05) is 0 Å². The third kappa shape index (κ3) is 3.57. The lowest BCUT2D eigenvalue weighted by molar-refractivity contribution is -0.114. The lowest BCUT2D eigenvalue weighted by Gasteiger charge is -2.36. The highest BCUT2D eigenvalue weighted by Crippen LogP contribution is 2.34. The van der Waals surface area contributed by atoms with Crippen LogP contribution in [0.5, 0.6) is 0 Å². The molecule has 6 nitrogen and oxygen atoms in total. The quantitative estimate of drug-likeness (QED) is 0.874. The summed E-state index contributed by atoms with van der Waals surface area (Å²) in [5.74, 6) is -0.180. The molecule has 2 unspecified atom stereocenters. The van der Waals surface area contributed by atoms with Gasteiger partial charge in [0.2, 0.25) is 15.9 Å². The van der Waals surface area contributed by atoms with Crippen molar-refractivity contribution in [3.63, 3.8) is 0 Å². The molecule has 0 aliphatic carbocycles. The summed E-state index contributed by atoms with van der Waals surface area (Å²) >= 11 is 0. The standard InChI is InChI=1S/C16H23N3O3S/c1-11(20)17-12-3-7-16(8-4-12)23(21,22)18-13-9-14-5-6-15(10-13)19(14)2/h3-4,7-8,13-15,18H,5-6,9-10H2,1-2H3,(H,17,20). The summed E-state index contributed by atoms with van der Waals surface area (Å²) in [6, 6.07) is 7.24. The molecule has 2 saturated heterocycles. The summed E-state index contributed by atoms with van der Waals surface area (Å²) in [7, 11) is -1.39. The summed E-state index contributed by atoms with van der Waals surface area (Å²) in [6.07, 6.45) is 4.06. The van der Waals surface area contributed by atoms with Crippen molar-refractivity contribution >= 4 is 21.6 Å². The molecule has 0 radical (unpaired) electrons. The van der Waals surface area contributed by atoms with E-state index < -0.39 is 10.0 Å². The van der Waals surface area contributed by atoms with Gasteiger partial charge in [-0.15, -0.1) is 0 Å². The first-order valence-corrected chi connectivity index (χ1v) is 9.45. The lowest BCUT2D eigenvalue weighted by atomic mass is 9.99. The summed E-state index contributed by atoms with van der Waals surface area (Å²) in [5.41, 5.74) is 0.591. The van der Waals surface area contributed by atoms with Gasteiger partial charge in [-0.05, 0) is 57.0 Å². The second kappa shape index (κ2) is 6.22. The molecule has 0 aromatic heterocycles. The van der Waals surface area contributed by atoms with Crippen LogP contribution in [0.15, 0.2) is 29.2 Å². The molecule has 7 heteroatoms. The number of piperidine rings is 1. The molecule has 2 aliphatic heterocycles. The Balaban J connectivity index is 1.68. The van der Waals surface area contributed by atoms with Gasteiger partial charge >= 0.3 is 0 Å². The third-order valence-electron chi connectivity index (χ3n) is 4.91. The van der Waals surface area contributed by atoms with Gasteiger partial charge in [-0.2, -0.15) is 0 Å². The van der Waals surface area contributed by atoms with E-state index >= 15 is 0 Å². The number of amides is 1. The van der Waals surface area contributed by atoms with Crippen molar-refractivity contribution in [2.45, 2.75) is 55.6 Å². The van der Waals surface area contributed by atoms with Crippen LogP contribution < -0.4 is 10.0 Å². The average molecular weight is 337 g/mol. The Morgan fingerprint density at radius 3 is 2.22 bits per heavy atom. The van der Waals surface area contributed by atoms with E-state index in [4.69, 9.17) is 0 Å². The van der Waals surface area contributed by atoms with Gasteiger partial charge in [0.25, 0.3) is 0 Å². The van der Waals surface area contributed by atoms with Crippen LogP contribution in [-0.4, -0.2) is 44.4 Å². The lowest BCUT2D eigenvalue weighted by Crippen LogP contribution is -2.48. The highest BCUT2D eigenvalue weighted by molar-refractivity contribution is 7.89. The maximum atomic E-state index is 12.5. The minimum atomic E-state index is -3.52. The van der Waals surface area contributed by atoms with Crippen LogP contribution >= 0.6 is 0 Å². The second-order valence-electron chi connectivity index (χ2n) is 6.55. The first-order valence-electron chi connectivity index (χ1n) is 7.97. The minimum Gasteiger partial charge on any atom is -0.326 e. The fourth-order valence-electron chi connectivity index (χ4n) is 3.72. The fourth-order valence-corrected chi connectivity index (χ4v) is 4.98. The predicted octanol–water partition coefficient (Wildman–Crippen LogP) is 1.55. The summed E-state index contributed by atoms with van der Waals surface area (Å²) in [4.78, 5) is 13.6. The monoisotopic (exact) mass is 337 g/mol. The van der Waals surface area contributed by atoms with E-state index in [9.17, 15) is 13.2 Å². The second-order valence-corrected chi connectivity index (χ2v) is 8.26. The number of nitrogens with one attached hydrogen (secondary N) is 2. The molecule has 2 bridgehead atoms. The molecule has 0 spiro atoms. The molecule has 126 valence electrons. The molecule has 2 heterocycles. The zero-order chi connectivity index (χ0) is 16.6. The van der Waals surface area contributed by atoms with Crippen LogP contribution in [0, 0.1) is 0 Å². The van der Waals surface area contributed by atoms with Crippen molar-refractivity contribution in [1.29, 1.82) is 0 Å². The summed E-state index contributed by atoms with van der Waals surface area (Å²) in [5, 5.41) is 2.63. The van der Waals surface area contributed by atoms with E-state index in [2.05, 4.69) is 22.0 Å². The zero-order valence-corrected chi connectivity index (χ0v) is 14.3. The molecule has 1 amide bonds. The highest BCUT2D eigenvalue weighted by atomic mass is 32.2. The fraction of sp³-hybridized carbons (Fsp3) is 0.562. The Hall–Kier alpha value is -1.44. The van der Waals surface area contributed by atoms with Crippen LogP contribution in [0.25, 0.3) is 0 Å². The van der Waals surface area contributed by atoms with Crippen LogP contribution in [0.4, 0.5) is 5.69 Å². The van der Waals surface area contributed by atoms with E-state index in [0.717, 1.165) is 25.7 Å². The van der Waals surface area contributed by atoms with Gasteiger partial charge in [0.1, 0.15) is 0 Å². The number of sulfonamides is 1. The van der Waals surface area contributed by atoms with Crippen molar-refractivity contribution in [2.75, 3.05) is 12.4 Å². The molecule has 2 N–H and O–H groups in total.